The predicted molar refractivity (Wildman–Crippen MR) is 77.4 cm³/mol. The summed E-state index contributed by atoms with van der Waals surface area (Å²) in [6.07, 6.45) is 6.09. The Bertz CT molecular complexity index is 519. The van der Waals surface area contributed by atoms with Crippen LogP contribution in [0.3, 0.4) is 0 Å². The molecule has 0 amide bonds. The summed E-state index contributed by atoms with van der Waals surface area (Å²) in [5.74, 6) is 0. The van der Waals surface area contributed by atoms with Gasteiger partial charge in [0.15, 0.2) is 0 Å². The highest BCUT2D eigenvalue weighted by Crippen LogP contribution is 2.33. The van der Waals surface area contributed by atoms with Crippen molar-refractivity contribution in [2.24, 2.45) is 7.05 Å². The summed E-state index contributed by atoms with van der Waals surface area (Å²) in [5.41, 5.74) is 1.10. The second kappa shape index (κ2) is 5.67. The van der Waals surface area contributed by atoms with Gasteiger partial charge in [0.2, 0.25) is 10.0 Å². The van der Waals surface area contributed by atoms with E-state index in [-0.39, 0.29) is 11.3 Å². The van der Waals surface area contributed by atoms with Crippen LogP contribution in [0, 0.1) is 0 Å². The Morgan fingerprint density at radius 1 is 1.26 bits per heavy atom. The number of aromatic nitrogens is 1. The van der Waals surface area contributed by atoms with E-state index in [0.717, 1.165) is 31.4 Å². The van der Waals surface area contributed by atoms with E-state index >= 15 is 0 Å². The molecule has 1 unspecified atom stereocenters. The molecule has 0 N–H and O–H groups in total. The fourth-order valence-electron chi connectivity index (χ4n) is 2.77. The Morgan fingerprint density at radius 2 is 2.00 bits per heavy atom. The first-order valence-corrected chi connectivity index (χ1v) is 8.57. The SMILES string of the molecule is CC(C)S(=O)(=O)N1CCCCCC1c1cccn1C. The molecule has 0 saturated carbocycles. The minimum absolute atomic E-state index is 0.00472. The molecule has 1 fully saturated rings. The standard InChI is InChI=1S/C14H24N2O2S/c1-12(2)19(17,18)16-11-6-4-5-8-14(16)13-9-7-10-15(13)3/h7,9-10,12,14H,4-6,8,11H2,1-3H3. The highest BCUT2D eigenvalue weighted by atomic mass is 32.2. The van der Waals surface area contributed by atoms with E-state index in [4.69, 9.17) is 0 Å². The quantitative estimate of drug-likeness (QED) is 0.856. The molecule has 108 valence electrons. The second-order valence-electron chi connectivity index (χ2n) is 5.61. The zero-order valence-electron chi connectivity index (χ0n) is 12.0. The zero-order chi connectivity index (χ0) is 14.0. The molecule has 0 radical (unpaired) electrons. The van der Waals surface area contributed by atoms with Crippen LogP contribution >= 0.6 is 0 Å². The van der Waals surface area contributed by atoms with Gasteiger partial charge in [0.05, 0.1) is 11.3 Å². The van der Waals surface area contributed by atoms with Crippen LogP contribution in [-0.2, 0) is 17.1 Å². The Balaban J connectivity index is 2.40. The zero-order valence-corrected chi connectivity index (χ0v) is 12.9. The van der Waals surface area contributed by atoms with Crippen LogP contribution in [0.15, 0.2) is 18.3 Å². The van der Waals surface area contributed by atoms with E-state index < -0.39 is 10.0 Å². The van der Waals surface area contributed by atoms with Gasteiger partial charge in [0.1, 0.15) is 0 Å². The van der Waals surface area contributed by atoms with Gasteiger partial charge in [-0.3, -0.25) is 0 Å². The molecular formula is C14H24N2O2S. The van der Waals surface area contributed by atoms with E-state index in [1.807, 2.05) is 29.9 Å². The predicted octanol–water partition coefficient (Wildman–Crippen LogP) is 2.68. The smallest absolute Gasteiger partial charge is 0.217 e. The molecule has 1 aromatic heterocycles. The summed E-state index contributed by atoms with van der Waals surface area (Å²) in [7, 11) is -1.21. The molecule has 0 aromatic carbocycles. The van der Waals surface area contributed by atoms with Gasteiger partial charge in [-0.2, -0.15) is 4.31 Å². The minimum atomic E-state index is -3.20. The summed E-state index contributed by atoms with van der Waals surface area (Å²) in [5, 5.41) is -0.353. The number of hydrogen-bond donors (Lipinski definition) is 0. The Kier molecular flexibility index (Phi) is 4.36. The van der Waals surface area contributed by atoms with Crippen molar-refractivity contribution in [1.29, 1.82) is 0 Å². The van der Waals surface area contributed by atoms with Crippen LogP contribution < -0.4 is 0 Å². The van der Waals surface area contributed by atoms with Crippen LogP contribution in [-0.4, -0.2) is 29.1 Å². The van der Waals surface area contributed by atoms with Gasteiger partial charge in [-0.15, -0.1) is 0 Å². The van der Waals surface area contributed by atoms with Crippen LogP contribution in [0.25, 0.3) is 0 Å². The molecule has 2 rings (SSSR count). The van der Waals surface area contributed by atoms with E-state index in [1.165, 1.54) is 0 Å². The van der Waals surface area contributed by atoms with E-state index in [9.17, 15) is 8.42 Å². The summed E-state index contributed by atoms with van der Waals surface area (Å²) in [6.45, 7) is 4.18. The third-order valence-electron chi connectivity index (χ3n) is 3.95. The van der Waals surface area contributed by atoms with Crippen molar-refractivity contribution in [2.45, 2.75) is 50.8 Å². The fourth-order valence-corrected chi connectivity index (χ4v) is 4.27. The maximum atomic E-state index is 12.6. The maximum absolute atomic E-state index is 12.6. The third kappa shape index (κ3) is 2.87. The molecule has 1 aliphatic rings. The summed E-state index contributed by atoms with van der Waals surface area (Å²) in [4.78, 5) is 0. The molecule has 1 aromatic rings. The minimum Gasteiger partial charge on any atom is -0.353 e. The van der Waals surface area contributed by atoms with E-state index in [0.29, 0.717) is 6.54 Å². The Labute approximate surface area is 116 Å². The first-order valence-electron chi connectivity index (χ1n) is 7.06. The summed E-state index contributed by atoms with van der Waals surface area (Å²) in [6, 6.07) is 4.02. The number of sulfonamides is 1. The lowest BCUT2D eigenvalue weighted by Gasteiger charge is -2.31. The molecular weight excluding hydrogens is 260 g/mol. The normalized spacial score (nSPS) is 22.6. The summed E-state index contributed by atoms with van der Waals surface area (Å²) < 4.78 is 28.9. The van der Waals surface area contributed by atoms with Gasteiger partial charge >= 0.3 is 0 Å². The molecule has 5 heteroatoms. The molecule has 1 atom stereocenters. The van der Waals surface area contributed by atoms with Crippen LogP contribution in [0.2, 0.25) is 0 Å². The first kappa shape index (κ1) is 14.6. The van der Waals surface area contributed by atoms with Gasteiger partial charge in [0.25, 0.3) is 0 Å². The average molecular weight is 284 g/mol. The lowest BCUT2D eigenvalue weighted by Crippen LogP contribution is -2.39. The highest BCUT2D eigenvalue weighted by Gasteiger charge is 2.34. The summed E-state index contributed by atoms with van der Waals surface area (Å²) >= 11 is 0. The molecule has 0 spiro atoms. The van der Waals surface area contributed by atoms with Crippen molar-refractivity contribution >= 4 is 10.0 Å². The Hall–Kier alpha value is -0.810. The second-order valence-corrected chi connectivity index (χ2v) is 8.06. The van der Waals surface area contributed by atoms with Crippen molar-refractivity contribution in [3.63, 3.8) is 0 Å². The average Bonchev–Trinajstić information content (AvgIpc) is 2.63. The van der Waals surface area contributed by atoms with E-state index in [1.54, 1.807) is 18.2 Å². The molecule has 4 nitrogen and oxygen atoms in total. The molecule has 19 heavy (non-hydrogen) atoms. The monoisotopic (exact) mass is 284 g/mol. The number of hydrogen-bond acceptors (Lipinski definition) is 2. The van der Waals surface area contributed by atoms with Crippen LogP contribution in [0.4, 0.5) is 0 Å². The van der Waals surface area contributed by atoms with E-state index in [2.05, 4.69) is 0 Å². The van der Waals surface area contributed by atoms with Gasteiger partial charge in [-0.1, -0.05) is 12.8 Å². The van der Waals surface area contributed by atoms with Gasteiger partial charge in [-0.05, 0) is 38.8 Å². The lowest BCUT2D eigenvalue weighted by atomic mass is 10.1. The van der Waals surface area contributed by atoms with Crippen LogP contribution in [0.1, 0.15) is 51.3 Å². The molecule has 0 bridgehead atoms. The van der Waals surface area contributed by atoms with Crippen molar-refractivity contribution < 1.29 is 8.42 Å². The maximum Gasteiger partial charge on any atom is 0.217 e. The number of nitrogens with zero attached hydrogens (tertiary/aromatic N) is 2. The number of rotatable bonds is 3. The van der Waals surface area contributed by atoms with Crippen molar-refractivity contribution in [1.82, 2.24) is 8.87 Å². The number of aryl methyl sites for hydroxylation is 1. The molecule has 1 aliphatic heterocycles. The van der Waals surface area contributed by atoms with Crippen molar-refractivity contribution in [3.8, 4) is 0 Å². The molecule has 1 saturated heterocycles. The largest absolute Gasteiger partial charge is 0.353 e. The lowest BCUT2D eigenvalue weighted by molar-refractivity contribution is 0.315. The topological polar surface area (TPSA) is 42.3 Å². The van der Waals surface area contributed by atoms with Gasteiger partial charge in [0, 0.05) is 25.5 Å². The van der Waals surface area contributed by atoms with Crippen LogP contribution in [0.5, 0.6) is 0 Å². The van der Waals surface area contributed by atoms with Gasteiger partial charge < -0.3 is 4.57 Å². The third-order valence-corrected chi connectivity index (χ3v) is 6.23. The molecule has 2 heterocycles. The van der Waals surface area contributed by atoms with Crippen molar-refractivity contribution in [3.05, 3.63) is 24.0 Å². The Morgan fingerprint density at radius 3 is 2.58 bits per heavy atom. The molecule has 0 aliphatic carbocycles. The fraction of sp³-hybridized carbons (Fsp3) is 0.714. The van der Waals surface area contributed by atoms with Gasteiger partial charge in [-0.25, -0.2) is 8.42 Å². The highest BCUT2D eigenvalue weighted by molar-refractivity contribution is 7.89. The van der Waals surface area contributed by atoms with Crippen molar-refractivity contribution in [2.75, 3.05) is 6.54 Å². The first-order chi connectivity index (χ1) is 8.94.